The third-order valence-corrected chi connectivity index (χ3v) is 8.15. The normalized spacial score (nSPS) is 53.9. The first-order valence-electron chi connectivity index (χ1n) is 14.0. The molecule has 0 unspecified atom stereocenters. The highest BCUT2D eigenvalue weighted by molar-refractivity contribution is 4.96. The van der Waals surface area contributed by atoms with Gasteiger partial charge in [-0.15, -0.1) is 0 Å². The Morgan fingerprint density at radius 1 is 0.455 bits per heavy atom. The molecule has 20 nitrogen and oxygen atoms in total. The Morgan fingerprint density at radius 2 is 0.977 bits per heavy atom. The second-order valence-corrected chi connectivity index (χ2v) is 11.2. The molecular formula is C24H42O20. The Hall–Kier alpha value is -0.800. The molecule has 0 aromatic rings. The standard InChI is InChI=1S/C24H42O20/c1-5-9(27)13(31)17(35)23(39-5)44-20-15(33)11(29)7(3-26)42-24(20)43-19-12(30)8(40-21(37)18(19)36)4-38-22-16(34)14(32)10(28)6(2-25)41-22/h5-37H,2-4H2,1H3/t5-,6+,7+,8+,9+,10-,11-,12-,13+,14-,15-,16+,17-,18+,19-,20+,21+,22+,23-,24-/m0/s1. The molecule has 20 atom stereocenters. The first kappa shape index (κ1) is 36.0. The van der Waals surface area contributed by atoms with Gasteiger partial charge in [0.05, 0.1) is 25.9 Å². The van der Waals surface area contributed by atoms with E-state index in [1.165, 1.54) is 6.92 Å². The van der Waals surface area contributed by atoms with Gasteiger partial charge in [-0.05, 0) is 6.92 Å². The Labute approximate surface area is 249 Å². The molecule has 0 amide bonds. The largest absolute Gasteiger partial charge is 0.394 e. The highest BCUT2D eigenvalue weighted by atomic mass is 16.8. The summed E-state index contributed by atoms with van der Waals surface area (Å²) in [5, 5.41) is 133. The number of ether oxygens (including phenoxy) is 7. The zero-order valence-corrected chi connectivity index (χ0v) is 23.3. The van der Waals surface area contributed by atoms with Crippen LogP contribution in [0.5, 0.6) is 0 Å². The van der Waals surface area contributed by atoms with E-state index < -0.39 is 143 Å². The van der Waals surface area contributed by atoms with Crippen LogP contribution in [0.1, 0.15) is 6.92 Å². The van der Waals surface area contributed by atoms with Crippen molar-refractivity contribution in [1.29, 1.82) is 0 Å². The first-order chi connectivity index (χ1) is 20.7. The second kappa shape index (κ2) is 15.0. The molecule has 4 rings (SSSR count). The van der Waals surface area contributed by atoms with Gasteiger partial charge in [0.1, 0.15) is 91.6 Å². The summed E-state index contributed by atoms with van der Waals surface area (Å²) in [5.74, 6) is 0. The topological polar surface area (TPSA) is 328 Å². The monoisotopic (exact) mass is 650 g/mol. The van der Waals surface area contributed by atoms with Crippen LogP contribution >= 0.6 is 0 Å². The number of hydrogen-bond donors (Lipinski definition) is 13. The second-order valence-electron chi connectivity index (χ2n) is 11.2. The van der Waals surface area contributed by atoms with Gasteiger partial charge in [-0.25, -0.2) is 0 Å². The van der Waals surface area contributed by atoms with E-state index in [4.69, 9.17) is 33.2 Å². The van der Waals surface area contributed by atoms with Gasteiger partial charge in [0, 0.05) is 0 Å². The summed E-state index contributed by atoms with van der Waals surface area (Å²) in [7, 11) is 0. The summed E-state index contributed by atoms with van der Waals surface area (Å²) in [4.78, 5) is 0. The summed E-state index contributed by atoms with van der Waals surface area (Å²) in [6.07, 6.45) is -34.1. The van der Waals surface area contributed by atoms with Crippen molar-refractivity contribution in [3.63, 3.8) is 0 Å². The molecule has 4 fully saturated rings. The molecule has 258 valence electrons. The third-order valence-electron chi connectivity index (χ3n) is 8.15. The van der Waals surface area contributed by atoms with Crippen LogP contribution < -0.4 is 0 Å². The summed E-state index contributed by atoms with van der Waals surface area (Å²) in [6, 6.07) is 0. The van der Waals surface area contributed by atoms with Crippen LogP contribution in [-0.2, 0) is 33.2 Å². The fourth-order valence-electron chi connectivity index (χ4n) is 5.36. The van der Waals surface area contributed by atoms with Crippen molar-refractivity contribution in [2.45, 2.75) is 130 Å². The Balaban J connectivity index is 1.49. The smallest absolute Gasteiger partial charge is 0.187 e. The molecule has 4 saturated heterocycles. The zero-order valence-electron chi connectivity index (χ0n) is 23.3. The van der Waals surface area contributed by atoms with E-state index in [1.54, 1.807) is 0 Å². The number of hydrogen-bond acceptors (Lipinski definition) is 20. The number of rotatable bonds is 9. The molecule has 0 spiro atoms. The average Bonchev–Trinajstić information content (AvgIpc) is 3.00. The fraction of sp³-hybridized carbons (Fsp3) is 1.00. The van der Waals surface area contributed by atoms with Gasteiger partial charge in [-0.2, -0.15) is 0 Å². The SMILES string of the molecule is C[C@@H]1O[C@@H](O[C@H]2[C@H](O[C@@H]3[C@@H](O)[C@H](O)O[C@H](CO[C@@H]4O[C@H](CO)[C@H](O)[C@H](O)[C@H]4O)[C@@H]3O)O[C@H](CO)[C@H](O)[C@@H]2O)[C@@H](O)[C@H](O)[C@@H]1O. The van der Waals surface area contributed by atoms with E-state index in [-0.39, 0.29) is 0 Å². The van der Waals surface area contributed by atoms with Crippen LogP contribution in [-0.4, -0.2) is 209 Å². The lowest BCUT2D eigenvalue weighted by Crippen LogP contribution is -2.66. The molecule has 20 heteroatoms. The van der Waals surface area contributed by atoms with Crippen LogP contribution in [0, 0.1) is 0 Å². The van der Waals surface area contributed by atoms with Gasteiger partial charge in [0.15, 0.2) is 25.2 Å². The lowest BCUT2D eigenvalue weighted by molar-refractivity contribution is -0.387. The van der Waals surface area contributed by atoms with Crippen molar-refractivity contribution >= 4 is 0 Å². The third kappa shape index (κ3) is 7.19. The maximum atomic E-state index is 11.0. The molecule has 13 N–H and O–H groups in total. The van der Waals surface area contributed by atoms with Crippen molar-refractivity contribution in [3.05, 3.63) is 0 Å². The minimum absolute atomic E-state index is 0.681. The van der Waals surface area contributed by atoms with E-state index in [0.717, 1.165) is 0 Å². The molecule has 4 heterocycles. The van der Waals surface area contributed by atoms with E-state index in [9.17, 15) is 66.4 Å². The molecule has 0 aliphatic carbocycles. The lowest BCUT2D eigenvalue weighted by atomic mass is 9.96. The van der Waals surface area contributed by atoms with Gasteiger partial charge < -0.3 is 99.5 Å². The van der Waals surface area contributed by atoms with E-state index in [2.05, 4.69) is 0 Å². The molecule has 0 aromatic carbocycles. The Morgan fingerprint density at radius 3 is 1.59 bits per heavy atom. The fourth-order valence-corrected chi connectivity index (χ4v) is 5.36. The van der Waals surface area contributed by atoms with Gasteiger partial charge in [0.2, 0.25) is 0 Å². The van der Waals surface area contributed by atoms with Crippen LogP contribution in [0.3, 0.4) is 0 Å². The number of aliphatic hydroxyl groups excluding tert-OH is 13. The van der Waals surface area contributed by atoms with Crippen LogP contribution in [0.2, 0.25) is 0 Å². The van der Waals surface area contributed by atoms with Crippen molar-refractivity contribution in [2.75, 3.05) is 19.8 Å². The molecule has 0 aromatic heterocycles. The van der Waals surface area contributed by atoms with Crippen LogP contribution in [0.25, 0.3) is 0 Å². The van der Waals surface area contributed by atoms with Crippen molar-refractivity contribution in [1.82, 2.24) is 0 Å². The molecule has 4 aliphatic heterocycles. The van der Waals surface area contributed by atoms with Crippen molar-refractivity contribution in [3.8, 4) is 0 Å². The predicted molar refractivity (Wildman–Crippen MR) is 132 cm³/mol. The van der Waals surface area contributed by atoms with Gasteiger partial charge >= 0.3 is 0 Å². The number of aliphatic hydroxyl groups is 13. The lowest BCUT2D eigenvalue weighted by Gasteiger charge is -2.48. The van der Waals surface area contributed by atoms with Gasteiger partial charge in [-0.1, -0.05) is 0 Å². The van der Waals surface area contributed by atoms with Crippen molar-refractivity contribution < 1.29 is 99.5 Å². The van der Waals surface area contributed by atoms with E-state index >= 15 is 0 Å². The minimum atomic E-state index is -2.03. The minimum Gasteiger partial charge on any atom is -0.394 e. The van der Waals surface area contributed by atoms with E-state index in [1.807, 2.05) is 0 Å². The molecule has 0 radical (unpaired) electrons. The molecule has 44 heavy (non-hydrogen) atoms. The summed E-state index contributed by atoms with van der Waals surface area (Å²) in [6.45, 7) is -0.904. The average molecular weight is 651 g/mol. The quantitative estimate of drug-likeness (QED) is 0.110. The maximum Gasteiger partial charge on any atom is 0.187 e. The Bertz CT molecular complexity index is 900. The highest BCUT2D eigenvalue weighted by Crippen LogP contribution is 2.33. The summed E-state index contributed by atoms with van der Waals surface area (Å²) in [5.41, 5.74) is 0. The van der Waals surface area contributed by atoms with Crippen LogP contribution in [0.4, 0.5) is 0 Å². The zero-order chi connectivity index (χ0) is 32.6. The molecule has 4 aliphatic rings. The van der Waals surface area contributed by atoms with Gasteiger partial charge in [0.25, 0.3) is 0 Å². The Kier molecular flexibility index (Phi) is 12.3. The molecular weight excluding hydrogens is 608 g/mol. The molecule has 0 bridgehead atoms. The van der Waals surface area contributed by atoms with Crippen molar-refractivity contribution in [2.24, 2.45) is 0 Å². The predicted octanol–water partition coefficient (Wildman–Crippen LogP) is -8.72. The summed E-state index contributed by atoms with van der Waals surface area (Å²) < 4.78 is 37.9. The highest BCUT2D eigenvalue weighted by Gasteiger charge is 2.54. The maximum absolute atomic E-state index is 11.0. The van der Waals surface area contributed by atoms with Gasteiger partial charge in [-0.3, -0.25) is 0 Å². The van der Waals surface area contributed by atoms with E-state index in [0.29, 0.717) is 0 Å². The summed E-state index contributed by atoms with van der Waals surface area (Å²) >= 11 is 0. The first-order valence-corrected chi connectivity index (χ1v) is 14.0. The van der Waals surface area contributed by atoms with Crippen LogP contribution in [0.15, 0.2) is 0 Å². The molecule has 0 saturated carbocycles.